The predicted octanol–water partition coefficient (Wildman–Crippen LogP) is 3.64. The molecule has 11 nitrogen and oxygen atoms in total. The van der Waals surface area contributed by atoms with Crippen LogP contribution in [-0.2, 0) is 26.8 Å². The number of ether oxygens (including phenoxy) is 2. The number of rotatable bonds is 10. The van der Waals surface area contributed by atoms with Gasteiger partial charge in [0.1, 0.15) is 11.5 Å². The second-order valence-electron chi connectivity index (χ2n) is 5.33. The maximum Gasteiger partial charge on any atom is 0.319 e. The van der Waals surface area contributed by atoms with E-state index < -0.39 is 18.1 Å². The van der Waals surface area contributed by atoms with Crippen molar-refractivity contribution in [1.29, 1.82) is 0 Å². The first-order valence-corrected chi connectivity index (χ1v) is 9.00. The highest BCUT2D eigenvalue weighted by atomic mass is 31.1. The van der Waals surface area contributed by atoms with Crippen LogP contribution >= 0.6 is 8.25 Å². The fourth-order valence-electron chi connectivity index (χ4n) is 2.24. The number of nitro groups is 2. The molecule has 0 bridgehead atoms. The summed E-state index contributed by atoms with van der Waals surface area (Å²) in [7, 11) is -0.307. The van der Waals surface area contributed by atoms with Gasteiger partial charge in [-0.2, -0.15) is 0 Å². The Morgan fingerprint density at radius 2 is 1.21 bits per heavy atom. The zero-order valence-electron chi connectivity index (χ0n) is 14.9. The summed E-state index contributed by atoms with van der Waals surface area (Å²) in [6.07, 6.45) is 0. The van der Waals surface area contributed by atoms with Crippen LogP contribution in [0.3, 0.4) is 0 Å². The molecule has 150 valence electrons. The standard InChI is InChI=1S/C16H17N2O9P/c1-24-13-5-3-11(15(7-13)17(19)20)9-26-28(23)27-10-12-4-6-14(25-2)8-16(12)18(21)22/h3-8,28H,9-10H2,1-2H3. The van der Waals surface area contributed by atoms with Gasteiger partial charge in [-0.15, -0.1) is 0 Å². The van der Waals surface area contributed by atoms with Crippen molar-refractivity contribution in [2.75, 3.05) is 14.2 Å². The Hall–Kier alpha value is -3.01. The van der Waals surface area contributed by atoms with Crippen LogP contribution in [0.5, 0.6) is 11.5 Å². The maximum atomic E-state index is 11.9. The van der Waals surface area contributed by atoms with Gasteiger partial charge in [0.05, 0.1) is 60.5 Å². The molecule has 0 fully saturated rings. The van der Waals surface area contributed by atoms with Gasteiger partial charge in [-0.1, -0.05) is 0 Å². The zero-order chi connectivity index (χ0) is 20.7. The molecule has 0 atom stereocenters. The number of hydrogen-bond donors (Lipinski definition) is 0. The fraction of sp³-hybridized carbons (Fsp3) is 0.250. The smallest absolute Gasteiger partial charge is 0.319 e. The van der Waals surface area contributed by atoms with Crippen LogP contribution in [0.1, 0.15) is 11.1 Å². The highest BCUT2D eigenvalue weighted by molar-refractivity contribution is 7.33. The Morgan fingerprint density at radius 1 is 0.821 bits per heavy atom. The normalized spacial score (nSPS) is 10.7. The predicted molar refractivity (Wildman–Crippen MR) is 97.9 cm³/mol. The van der Waals surface area contributed by atoms with Crippen LogP contribution in [0.25, 0.3) is 0 Å². The molecule has 0 unspecified atom stereocenters. The average molecular weight is 412 g/mol. The van der Waals surface area contributed by atoms with E-state index in [9.17, 15) is 24.8 Å². The highest BCUT2D eigenvalue weighted by Gasteiger charge is 2.18. The van der Waals surface area contributed by atoms with Gasteiger partial charge in [-0.3, -0.25) is 24.8 Å². The summed E-state index contributed by atoms with van der Waals surface area (Å²) in [6, 6.07) is 8.28. The molecular formula is C16H17N2O9P. The lowest BCUT2D eigenvalue weighted by atomic mass is 10.2. The third-order valence-electron chi connectivity index (χ3n) is 3.67. The van der Waals surface area contributed by atoms with Crippen LogP contribution in [0, 0.1) is 20.2 Å². The van der Waals surface area contributed by atoms with Gasteiger partial charge in [0.25, 0.3) is 11.4 Å². The van der Waals surface area contributed by atoms with Gasteiger partial charge >= 0.3 is 8.25 Å². The molecule has 28 heavy (non-hydrogen) atoms. The molecule has 0 radical (unpaired) electrons. The minimum absolute atomic E-state index is 0.183. The fourth-order valence-corrected chi connectivity index (χ4v) is 2.87. The van der Waals surface area contributed by atoms with E-state index in [2.05, 4.69) is 0 Å². The van der Waals surface area contributed by atoms with Gasteiger partial charge < -0.3 is 18.5 Å². The molecule has 0 spiro atoms. The van der Waals surface area contributed by atoms with Crippen LogP contribution < -0.4 is 9.47 Å². The molecule has 0 saturated heterocycles. The summed E-state index contributed by atoms with van der Waals surface area (Å²) in [5.74, 6) is 0.595. The third-order valence-corrected chi connectivity index (χ3v) is 4.43. The first-order valence-electron chi connectivity index (χ1n) is 7.78. The summed E-state index contributed by atoms with van der Waals surface area (Å²) in [6.45, 7) is -0.661. The van der Waals surface area contributed by atoms with Crippen LogP contribution in [0.15, 0.2) is 36.4 Å². The molecule has 2 rings (SSSR count). The van der Waals surface area contributed by atoms with Gasteiger partial charge in [-0.25, -0.2) is 0 Å². The molecule has 0 aliphatic heterocycles. The number of benzene rings is 2. The summed E-state index contributed by atoms with van der Waals surface area (Å²) >= 11 is 0. The highest BCUT2D eigenvalue weighted by Crippen LogP contribution is 2.33. The molecule has 0 N–H and O–H groups in total. The van der Waals surface area contributed by atoms with Crippen molar-refractivity contribution in [3.8, 4) is 11.5 Å². The van der Waals surface area contributed by atoms with E-state index in [0.29, 0.717) is 11.5 Å². The first kappa shape index (κ1) is 21.3. The summed E-state index contributed by atoms with van der Waals surface area (Å²) < 4.78 is 31.9. The minimum atomic E-state index is -3.06. The Morgan fingerprint density at radius 3 is 1.54 bits per heavy atom. The average Bonchev–Trinajstić information content (AvgIpc) is 2.70. The largest absolute Gasteiger partial charge is 0.497 e. The molecule has 0 aromatic heterocycles. The SMILES string of the molecule is COc1ccc(CO[PH](=O)OCc2ccc(OC)cc2[N+](=O)[O-])c([N+](=O)[O-])c1. The number of hydrogen-bond acceptors (Lipinski definition) is 9. The van der Waals surface area contributed by atoms with Crippen molar-refractivity contribution < 1.29 is 32.9 Å². The topological polar surface area (TPSA) is 140 Å². The van der Waals surface area contributed by atoms with E-state index in [4.69, 9.17) is 18.5 Å². The van der Waals surface area contributed by atoms with E-state index in [1.165, 1.54) is 50.6 Å². The summed E-state index contributed by atoms with van der Waals surface area (Å²) in [5, 5.41) is 22.2. The molecular weight excluding hydrogens is 395 g/mol. The van der Waals surface area contributed by atoms with E-state index in [0.717, 1.165) is 0 Å². The summed E-state index contributed by atoms with van der Waals surface area (Å²) in [4.78, 5) is 21.0. The molecule has 12 heteroatoms. The Kier molecular flexibility index (Phi) is 7.44. The Labute approximate surface area is 160 Å². The van der Waals surface area contributed by atoms with Crippen molar-refractivity contribution in [2.24, 2.45) is 0 Å². The Bertz CT molecular complexity index is 832. The van der Waals surface area contributed by atoms with Crippen molar-refractivity contribution in [2.45, 2.75) is 13.2 Å². The molecule has 0 aliphatic rings. The number of methoxy groups -OCH3 is 2. The lowest BCUT2D eigenvalue weighted by Gasteiger charge is -2.08. The van der Waals surface area contributed by atoms with Gasteiger partial charge in [-0.05, 0) is 24.3 Å². The van der Waals surface area contributed by atoms with E-state index in [1.807, 2.05) is 0 Å². The van der Waals surface area contributed by atoms with Crippen LogP contribution in [0.2, 0.25) is 0 Å². The van der Waals surface area contributed by atoms with Gasteiger partial charge in [0, 0.05) is 0 Å². The van der Waals surface area contributed by atoms with E-state index >= 15 is 0 Å². The quantitative estimate of drug-likeness (QED) is 0.325. The van der Waals surface area contributed by atoms with Gasteiger partial charge in [0.2, 0.25) is 0 Å². The van der Waals surface area contributed by atoms with Crippen LogP contribution in [-0.4, -0.2) is 24.1 Å². The minimum Gasteiger partial charge on any atom is -0.497 e. The summed E-state index contributed by atoms with van der Waals surface area (Å²) in [5.41, 5.74) is -0.133. The van der Waals surface area contributed by atoms with Crippen molar-refractivity contribution >= 4 is 19.6 Å². The molecule has 0 amide bonds. The third kappa shape index (κ3) is 5.49. The first-order chi connectivity index (χ1) is 13.3. The second kappa shape index (κ2) is 9.79. The van der Waals surface area contributed by atoms with Crippen molar-refractivity contribution in [3.05, 3.63) is 67.8 Å². The second-order valence-corrected chi connectivity index (χ2v) is 6.41. The van der Waals surface area contributed by atoms with E-state index in [-0.39, 0.29) is 35.7 Å². The van der Waals surface area contributed by atoms with Crippen molar-refractivity contribution in [3.63, 3.8) is 0 Å². The molecule has 2 aromatic carbocycles. The van der Waals surface area contributed by atoms with E-state index in [1.54, 1.807) is 0 Å². The number of nitrogens with zero attached hydrogens (tertiary/aromatic N) is 2. The van der Waals surface area contributed by atoms with Crippen molar-refractivity contribution in [1.82, 2.24) is 0 Å². The Balaban J connectivity index is 2.01. The lowest BCUT2D eigenvalue weighted by molar-refractivity contribution is -0.386. The lowest BCUT2D eigenvalue weighted by Crippen LogP contribution is -1.99. The monoisotopic (exact) mass is 412 g/mol. The van der Waals surface area contributed by atoms with Crippen LogP contribution in [0.4, 0.5) is 11.4 Å². The zero-order valence-corrected chi connectivity index (χ0v) is 15.9. The molecule has 0 heterocycles. The molecule has 2 aromatic rings. The molecule has 0 saturated carbocycles. The maximum absolute atomic E-state index is 11.9. The number of nitro benzene ring substituents is 2. The van der Waals surface area contributed by atoms with Gasteiger partial charge in [0.15, 0.2) is 0 Å². The molecule has 0 aliphatic carbocycles.